The van der Waals surface area contributed by atoms with Crippen molar-refractivity contribution in [1.29, 1.82) is 0 Å². The lowest BCUT2D eigenvalue weighted by Gasteiger charge is -2.11. The second-order valence-corrected chi connectivity index (χ2v) is 4.44. The Morgan fingerprint density at radius 2 is 1.75 bits per heavy atom. The van der Waals surface area contributed by atoms with Gasteiger partial charge in [0.15, 0.2) is 5.96 Å². The fourth-order valence-electron chi connectivity index (χ4n) is 1.81. The molecule has 0 aliphatic carbocycles. The molecule has 0 radical (unpaired) electrons. The zero-order chi connectivity index (χ0) is 14.4. The molecule has 0 unspecified atom stereocenters. The van der Waals surface area contributed by atoms with Gasteiger partial charge in [-0.1, -0.05) is 0 Å². The Labute approximate surface area is 118 Å². The van der Waals surface area contributed by atoms with Crippen molar-refractivity contribution in [2.45, 2.75) is 20.0 Å². The van der Waals surface area contributed by atoms with Gasteiger partial charge in [0.05, 0.1) is 24.5 Å². The number of nitrogens with one attached hydrogen (secondary N) is 2. The van der Waals surface area contributed by atoms with Gasteiger partial charge in [0.1, 0.15) is 0 Å². The van der Waals surface area contributed by atoms with E-state index in [-0.39, 0.29) is 0 Å². The highest BCUT2D eigenvalue weighted by Crippen LogP contribution is 1.99. The molecule has 0 spiro atoms. The van der Waals surface area contributed by atoms with E-state index in [2.05, 4.69) is 25.8 Å². The fourth-order valence-corrected chi connectivity index (χ4v) is 1.81. The molecule has 2 aromatic rings. The molecule has 7 nitrogen and oxygen atoms in total. The maximum absolute atomic E-state index is 4.55. The van der Waals surface area contributed by atoms with Gasteiger partial charge in [-0.3, -0.25) is 9.36 Å². The van der Waals surface area contributed by atoms with E-state index in [0.717, 1.165) is 23.9 Å². The number of aryl methyl sites for hydroxylation is 2. The molecule has 108 valence electrons. The summed E-state index contributed by atoms with van der Waals surface area (Å²) in [5.74, 6) is 0.787. The normalized spacial score (nSPS) is 11.7. The van der Waals surface area contributed by atoms with Crippen LogP contribution in [0.1, 0.15) is 18.3 Å². The minimum Gasteiger partial charge on any atom is -0.357 e. The summed E-state index contributed by atoms with van der Waals surface area (Å²) >= 11 is 0. The molecule has 2 rings (SSSR count). The van der Waals surface area contributed by atoms with E-state index in [1.165, 1.54) is 0 Å². The van der Waals surface area contributed by atoms with Crippen LogP contribution in [0.25, 0.3) is 0 Å². The van der Waals surface area contributed by atoms with E-state index >= 15 is 0 Å². The number of aliphatic imine (C=N–C) groups is 1. The van der Waals surface area contributed by atoms with Gasteiger partial charge in [-0.25, -0.2) is 4.99 Å². The molecule has 0 aliphatic heterocycles. The summed E-state index contributed by atoms with van der Waals surface area (Å²) in [6.45, 7) is 4.15. The molecule has 0 atom stereocenters. The molecule has 0 amide bonds. The van der Waals surface area contributed by atoms with Crippen LogP contribution in [0.15, 0.2) is 29.5 Å². The molecule has 0 aromatic carbocycles. The number of hydrogen-bond donors (Lipinski definition) is 2. The van der Waals surface area contributed by atoms with Crippen molar-refractivity contribution in [2.24, 2.45) is 19.1 Å². The summed E-state index contributed by atoms with van der Waals surface area (Å²) in [7, 11) is 3.84. The van der Waals surface area contributed by atoms with E-state index in [1.807, 2.05) is 42.5 Å². The molecule has 0 bridgehead atoms. The van der Waals surface area contributed by atoms with Crippen LogP contribution in [0.3, 0.4) is 0 Å². The first-order valence-electron chi connectivity index (χ1n) is 6.66. The highest BCUT2D eigenvalue weighted by atomic mass is 15.3. The first-order valence-corrected chi connectivity index (χ1v) is 6.66. The lowest BCUT2D eigenvalue weighted by atomic mass is 10.4. The molecule has 7 heteroatoms. The van der Waals surface area contributed by atoms with Gasteiger partial charge in [-0.05, 0) is 19.1 Å². The molecule has 2 heterocycles. The van der Waals surface area contributed by atoms with Crippen molar-refractivity contribution in [3.05, 3.63) is 35.9 Å². The van der Waals surface area contributed by atoms with Gasteiger partial charge >= 0.3 is 0 Å². The van der Waals surface area contributed by atoms with Crippen molar-refractivity contribution in [2.75, 3.05) is 6.54 Å². The second-order valence-electron chi connectivity index (χ2n) is 4.44. The number of rotatable bonds is 5. The van der Waals surface area contributed by atoms with Crippen LogP contribution < -0.4 is 10.6 Å². The molecule has 2 aromatic heterocycles. The summed E-state index contributed by atoms with van der Waals surface area (Å²) in [5, 5.41) is 14.8. The third kappa shape index (κ3) is 3.59. The van der Waals surface area contributed by atoms with E-state index < -0.39 is 0 Å². The topological polar surface area (TPSA) is 72.1 Å². The molecule has 0 aliphatic rings. The zero-order valence-corrected chi connectivity index (χ0v) is 12.2. The third-order valence-corrected chi connectivity index (χ3v) is 3.03. The van der Waals surface area contributed by atoms with Crippen LogP contribution >= 0.6 is 0 Å². The van der Waals surface area contributed by atoms with Gasteiger partial charge in [-0.15, -0.1) is 0 Å². The monoisotopic (exact) mass is 275 g/mol. The van der Waals surface area contributed by atoms with E-state index in [1.54, 1.807) is 12.4 Å². The lowest BCUT2D eigenvalue weighted by Crippen LogP contribution is -2.37. The van der Waals surface area contributed by atoms with Gasteiger partial charge in [0, 0.05) is 33.0 Å². The minimum atomic E-state index is 0.594. The average molecular weight is 275 g/mol. The molecular formula is C13H21N7. The predicted octanol–water partition coefficient (Wildman–Crippen LogP) is 0.409. The van der Waals surface area contributed by atoms with Crippen molar-refractivity contribution < 1.29 is 0 Å². The van der Waals surface area contributed by atoms with Crippen LogP contribution in [0.5, 0.6) is 0 Å². The highest BCUT2D eigenvalue weighted by Gasteiger charge is 2.02. The van der Waals surface area contributed by atoms with Crippen molar-refractivity contribution >= 4 is 5.96 Å². The summed E-state index contributed by atoms with van der Waals surface area (Å²) in [6, 6.07) is 3.95. The second kappa shape index (κ2) is 6.74. The predicted molar refractivity (Wildman–Crippen MR) is 78.1 cm³/mol. The van der Waals surface area contributed by atoms with E-state index in [9.17, 15) is 0 Å². The third-order valence-electron chi connectivity index (χ3n) is 3.03. The number of guanidine groups is 1. The van der Waals surface area contributed by atoms with Crippen LogP contribution in [0.4, 0.5) is 0 Å². The number of nitrogens with zero attached hydrogens (tertiary/aromatic N) is 5. The summed E-state index contributed by atoms with van der Waals surface area (Å²) in [5.41, 5.74) is 2.18. The standard InChI is InChI=1S/C13H21N7/c1-4-14-13(15-9-11-5-7-17-19(11)2)16-10-12-6-8-18-20(12)3/h5-8H,4,9-10H2,1-3H3,(H2,14,15,16). The first-order chi connectivity index (χ1) is 9.70. The average Bonchev–Trinajstić information content (AvgIpc) is 3.02. The Morgan fingerprint density at radius 1 is 1.10 bits per heavy atom. The Kier molecular flexibility index (Phi) is 4.75. The highest BCUT2D eigenvalue weighted by molar-refractivity contribution is 5.79. The molecule has 20 heavy (non-hydrogen) atoms. The molecular weight excluding hydrogens is 254 g/mol. The van der Waals surface area contributed by atoms with Crippen LogP contribution in [0.2, 0.25) is 0 Å². The van der Waals surface area contributed by atoms with Crippen molar-refractivity contribution in [3.8, 4) is 0 Å². The molecule has 2 N–H and O–H groups in total. The number of aromatic nitrogens is 4. The maximum Gasteiger partial charge on any atom is 0.191 e. The summed E-state index contributed by atoms with van der Waals surface area (Å²) in [4.78, 5) is 4.55. The van der Waals surface area contributed by atoms with Gasteiger partial charge in [-0.2, -0.15) is 10.2 Å². The van der Waals surface area contributed by atoms with Crippen LogP contribution in [-0.4, -0.2) is 32.1 Å². The van der Waals surface area contributed by atoms with Crippen LogP contribution in [-0.2, 0) is 27.2 Å². The maximum atomic E-state index is 4.55. The van der Waals surface area contributed by atoms with E-state index in [4.69, 9.17) is 0 Å². The smallest absolute Gasteiger partial charge is 0.191 e. The minimum absolute atomic E-state index is 0.594. The SMILES string of the molecule is CCNC(=NCc1ccnn1C)NCc1ccnn1C. The Morgan fingerprint density at radius 3 is 2.30 bits per heavy atom. The van der Waals surface area contributed by atoms with Gasteiger partial charge in [0.25, 0.3) is 0 Å². The van der Waals surface area contributed by atoms with Gasteiger partial charge < -0.3 is 10.6 Å². The first kappa shape index (κ1) is 14.1. The van der Waals surface area contributed by atoms with Gasteiger partial charge in [0.2, 0.25) is 0 Å². The Bertz CT molecular complexity index is 567. The largest absolute Gasteiger partial charge is 0.357 e. The quantitative estimate of drug-likeness (QED) is 0.612. The molecule has 0 fully saturated rings. The summed E-state index contributed by atoms with van der Waals surface area (Å²) in [6.07, 6.45) is 3.57. The Balaban J connectivity index is 1.96. The molecule has 0 saturated heterocycles. The lowest BCUT2D eigenvalue weighted by molar-refractivity contribution is 0.680. The molecule has 0 saturated carbocycles. The summed E-state index contributed by atoms with van der Waals surface area (Å²) < 4.78 is 3.67. The number of hydrogen-bond acceptors (Lipinski definition) is 3. The zero-order valence-electron chi connectivity index (χ0n) is 12.2. The fraction of sp³-hybridized carbons (Fsp3) is 0.462. The van der Waals surface area contributed by atoms with Crippen molar-refractivity contribution in [3.63, 3.8) is 0 Å². The Hall–Kier alpha value is -2.31. The van der Waals surface area contributed by atoms with Crippen molar-refractivity contribution in [1.82, 2.24) is 30.2 Å². The van der Waals surface area contributed by atoms with E-state index in [0.29, 0.717) is 13.1 Å². The van der Waals surface area contributed by atoms with Crippen LogP contribution in [0, 0.1) is 0 Å².